The Hall–Kier alpha value is -0.300. The van der Waals surface area contributed by atoms with Crippen LogP contribution in [-0.4, -0.2) is 0 Å². The highest BCUT2D eigenvalue weighted by Gasteiger charge is 2.17. The molecule has 0 heterocycles. The molecule has 1 saturated carbocycles. The molecule has 1 aliphatic carbocycles. The molecular formula is C11H13Br. The van der Waals surface area contributed by atoms with Gasteiger partial charge in [-0.05, 0) is 30.0 Å². The van der Waals surface area contributed by atoms with Gasteiger partial charge in [0.2, 0.25) is 0 Å². The SMILES string of the molecule is Brc1cccc(CC2CCC2)c1. The number of rotatable bonds is 2. The van der Waals surface area contributed by atoms with E-state index in [-0.39, 0.29) is 0 Å². The van der Waals surface area contributed by atoms with Gasteiger partial charge in [-0.1, -0.05) is 47.3 Å². The molecule has 2 rings (SSSR count). The van der Waals surface area contributed by atoms with Gasteiger partial charge in [-0.25, -0.2) is 0 Å². The van der Waals surface area contributed by atoms with Crippen molar-refractivity contribution in [3.63, 3.8) is 0 Å². The molecule has 12 heavy (non-hydrogen) atoms. The molecule has 1 heteroatoms. The highest BCUT2D eigenvalue weighted by atomic mass is 79.9. The van der Waals surface area contributed by atoms with E-state index in [1.54, 1.807) is 0 Å². The fraction of sp³-hybridized carbons (Fsp3) is 0.455. The van der Waals surface area contributed by atoms with Crippen LogP contribution in [0.4, 0.5) is 0 Å². The molecule has 64 valence electrons. The Morgan fingerprint density at radius 2 is 2.17 bits per heavy atom. The fourth-order valence-corrected chi connectivity index (χ4v) is 2.14. The van der Waals surface area contributed by atoms with E-state index in [1.807, 2.05) is 0 Å². The van der Waals surface area contributed by atoms with E-state index in [1.165, 1.54) is 35.7 Å². The Bertz CT molecular complexity index is 263. The van der Waals surface area contributed by atoms with Crippen molar-refractivity contribution in [2.24, 2.45) is 5.92 Å². The van der Waals surface area contributed by atoms with Crippen molar-refractivity contribution < 1.29 is 0 Å². The van der Waals surface area contributed by atoms with Crippen LogP contribution in [0.15, 0.2) is 28.7 Å². The van der Waals surface area contributed by atoms with Gasteiger partial charge in [0.15, 0.2) is 0 Å². The van der Waals surface area contributed by atoms with Crippen molar-refractivity contribution in [2.75, 3.05) is 0 Å². The second-order valence-electron chi connectivity index (χ2n) is 3.63. The van der Waals surface area contributed by atoms with Gasteiger partial charge in [0, 0.05) is 4.47 Å². The van der Waals surface area contributed by atoms with Crippen LogP contribution in [0.25, 0.3) is 0 Å². The van der Waals surface area contributed by atoms with E-state index in [0.29, 0.717) is 0 Å². The molecule has 0 saturated heterocycles. The second kappa shape index (κ2) is 3.61. The van der Waals surface area contributed by atoms with Crippen LogP contribution < -0.4 is 0 Å². The van der Waals surface area contributed by atoms with Gasteiger partial charge in [0.25, 0.3) is 0 Å². The van der Waals surface area contributed by atoms with Crippen LogP contribution in [0.3, 0.4) is 0 Å². The van der Waals surface area contributed by atoms with Crippen LogP contribution >= 0.6 is 15.9 Å². The lowest BCUT2D eigenvalue weighted by Gasteiger charge is -2.25. The Kier molecular flexibility index (Phi) is 2.50. The molecule has 0 bridgehead atoms. The molecule has 0 nitrogen and oxygen atoms in total. The maximum Gasteiger partial charge on any atom is 0.0177 e. The van der Waals surface area contributed by atoms with Crippen molar-refractivity contribution in [2.45, 2.75) is 25.7 Å². The molecule has 1 aromatic rings. The summed E-state index contributed by atoms with van der Waals surface area (Å²) in [5, 5.41) is 0. The summed E-state index contributed by atoms with van der Waals surface area (Å²) < 4.78 is 1.21. The summed E-state index contributed by atoms with van der Waals surface area (Å²) in [4.78, 5) is 0. The molecule has 1 aliphatic rings. The minimum absolute atomic E-state index is 0.972. The molecule has 0 radical (unpaired) electrons. The fourth-order valence-electron chi connectivity index (χ4n) is 1.69. The van der Waals surface area contributed by atoms with Crippen LogP contribution in [-0.2, 0) is 6.42 Å². The lowest BCUT2D eigenvalue weighted by molar-refractivity contribution is 0.314. The van der Waals surface area contributed by atoms with Crippen LogP contribution in [0.1, 0.15) is 24.8 Å². The van der Waals surface area contributed by atoms with E-state index < -0.39 is 0 Å². The van der Waals surface area contributed by atoms with E-state index >= 15 is 0 Å². The molecule has 1 fully saturated rings. The largest absolute Gasteiger partial charge is 0.0609 e. The molecule has 1 aromatic carbocycles. The third-order valence-corrected chi connectivity index (χ3v) is 3.13. The smallest absolute Gasteiger partial charge is 0.0177 e. The summed E-state index contributed by atoms with van der Waals surface area (Å²) in [6.45, 7) is 0. The van der Waals surface area contributed by atoms with Crippen LogP contribution in [0.2, 0.25) is 0 Å². The lowest BCUT2D eigenvalue weighted by atomic mass is 9.81. The minimum Gasteiger partial charge on any atom is -0.0609 e. The zero-order valence-corrected chi connectivity index (χ0v) is 8.68. The van der Waals surface area contributed by atoms with Gasteiger partial charge in [-0.15, -0.1) is 0 Å². The van der Waals surface area contributed by atoms with E-state index in [0.717, 1.165) is 5.92 Å². The normalized spacial score (nSPS) is 17.4. The summed E-state index contributed by atoms with van der Waals surface area (Å²) in [5.41, 5.74) is 1.48. The Labute approximate surface area is 82.1 Å². The average Bonchev–Trinajstić information content (AvgIpc) is 1.97. The van der Waals surface area contributed by atoms with Crippen molar-refractivity contribution >= 4 is 15.9 Å². The molecule has 0 unspecified atom stereocenters. The number of hydrogen-bond acceptors (Lipinski definition) is 0. The lowest BCUT2D eigenvalue weighted by Crippen LogP contribution is -2.13. The molecular weight excluding hydrogens is 212 g/mol. The van der Waals surface area contributed by atoms with E-state index in [4.69, 9.17) is 0 Å². The Balaban J connectivity index is 2.02. The average molecular weight is 225 g/mol. The van der Waals surface area contributed by atoms with Crippen LogP contribution in [0.5, 0.6) is 0 Å². The summed E-state index contributed by atoms with van der Waals surface area (Å²) >= 11 is 3.49. The zero-order valence-electron chi connectivity index (χ0n) is 7.09. The van der Waals surface area contributed by atoms with Gasteiger partial charge in [0.05, 0.1) is 0 Å². The van der Waals surface area contributed by atoms with Crippen molar-refractivity contribution in [3.8, 4) is 0 Å². The first-order chi connectivity index (χ1) is 5.84. The first-order valence-corrected chi connectivity index (χ1v) is 5.38. The summed E-state index contributed by atoms with van der Waals surface area (Å²) in [6, 6.07) is 8.67. The second-order valence-corrected chi connectivity index (χ2v) is 4.55. The zero-order chi connectivity index (χ0) is 8.39. The molecule has 0 amide bonds. The molecule has 0 spiro atoms. The van der Waals surface area contributed by atoms with Gasteiger partial charge >= 0.3 is 0 Å². The summed E-state index contributed by atoms with van der Waals surface area (Å²) in [6.07, 6.45) is 5.59. The first-order valence-electron chi connectivity index (χ1n) is 4.59. The van der Waals surface area contributed by atoms with Crippen molar-refractivity contribution in [1.29, 1.82) is 0 Å². The number of benzene rings is 1. The molecule has 0 N–H and O–H groups in total. The Morgan fingerprint density at radius 3 is 2.75 bits per heavy atom. The van der Waals surface area contributed by atoms with Crippen molar-refractivity contribution in [3.05, 3.63) is 34.3 Å². The van der Waals surface area contributed by atoms with Gasteiger partial charge < -0.3 is 0 Å². The van der Waals surface area contributed by atoms with Crippen LogP contribution in [0, 0.1) is 5.92 Å². The highest BCUT2D eigenvalue weighted by Crippen LogP contribution is 2.30. The standard InChI is InChI=1S/C11H13Br/c12-11-6-2-5-10(8-11)7-9-3-1-4-9/h2,5-6,8-9H,1,3-4,7H2. The monoisotopic (exact) mass is 224 g/mol. The number of hydrogen-bond donors (Lipinski definition) is 0. The van der Waals surface area contributed by atoms with Crippen molar-refractivity contribution in [1.82, 2.24) is 0 Å². The third kappa shape index (κ3) is 1.89. The predicted molar refractivity (Wildman–Crippen MR) is 55.2 cm³/mol. The highest BCUT2D eigenvalue weighted by molar-refractivity contribution is 9.10. The Morgan fingerprint density at radius 1 is 1.33 bits per heavy atom. The van der Waals surface area contributed by atoms with E-state index in [9.17, 15) is 0 Å². The molecule has 0 aromatic heterocycles. The summed E-state index contributed by atoms with van der Waals surface area (Å²) in [7, 11) is 0. The molecule has 0 atom stereocenters. The maximum absolute atomic E-state index is 3.49. The summed E-state index contributed by atoms with van der Waals surface area (Å²) in [5.74, 6) is 0.972. The van der Waals surface area contributed by atoms with Gasteiger partial charge in [-0.2, -0.15) is 0 Å². The van der Waals surface area contributed by atoms with E-state index in [2.05, 4.69) is 40.2 Å². The maximum atomic E-state index is 3.49. The topological polar surface area (TPSA) is 0 Å². The molecule has 0 aliphatic heterocycles. The quantitative estimate of drug-likeness (QED) is 0.718. The number of halogens is 1. The minimum atomic E-state index is 0.972. The van der Waals surface area contributed by atoms with Gasteiger partial charge in [-0.3, -0.25) is 0 Å². The predicted octanol–water partition coefficient (Wildman–Crippen LogP) is 3.79. The third-order valence-electron chi connectivity index (χ3n) is 2.64. The van der Waals surface area contributed by atoms with Gasteiger partial charge in [0.1, 0.15) is 0 Å². The first kappa shape index (κ1) is 8.31.